The van der Waals surface area contributed by atoms with Crippen LogP contribution < -0.4 is 0 Å². The first-order valence-corrected chi connectivity index (χ1v) is 9.00. The van der Waals surface area contributed by atoms with E-state index in [-0.39, 0.29) is 16.6 Å². The Morgan fingerprint density at radius 1 is 0.923 bits per heavy atom. The number of Topliss-reactive ketones (excluding diaryl/α,β-unsaturated/α-hetero) is 1. The van der Waals surface area contributed by atoms with Crippen molar-refractivity contribution >= 4 is 11.5 Å². The van der Waals surface area contributed by atoms with Crippen molar-refractivity contribution < 1.29 is 19.4 Å². The lowest BCUT2D eigenvalue weighted by Crippen LogP contribution is -2.45. The Labute approximate surface area is 158 Å². The normalized spacial score (nSPS) is 19.2. The number of hydrogen-bond donors (Lipinski definition) is 0. The van der Waals surface area contributed by atoms with Crippen LogP contribution in [-0.2, 0) is 19.4 Å². The maximum atomic E-state index is 13.2. The van der Waals surface area contributed by atoms with Crippen LogP contribution in [0.2, 0.25) is 0 Å². The van der Waals surface area contributed by atoms with Gasteiger partial charge in [0.1, 0.15) is 7.11 Å². The first-order chi connectivity index (χ1) is 11.5. The third-order valence-electron chi connectivity index (χ3n) is 4.05. The Kier molecular flexibility index (Phi) is 6.32. The van der Waals surface area contributed by atoms with E-state index in [4.69, 9.17) is 14.6 Å². The first-order valence-electron chi connectivity index (χ1n) is 9.00. The molecule has 1 rings (SSSR count). The summed E-state index contributed by atoms with van der Waals surface area (Å²) >= 11 is 0. The van der Waals surface area contributed by atoms with Gasteiger partial charge >= 0.3 is 0 Å². The predicted molar refractivity (Wildman–Crippen MR) is 105 cm³/mol. The van der Waals surface area contributed by atoms with Crippen LogP contribution in [0.25, 0.3) is 0 Å². The minimum Gasteiger partial charge on any atom is -0.399 e. The molecule has 0 saturated carbocycles. The second kappa shape index (κ2) is 7.28. The number of allylic oxidation sites excluding steroid dienone is 2. The zero-order valence-electron chi connectivity index (χ0n) is 18.2. The number of oxime groups is 1. The fraction of sp³-hybridized carbons (Fsp3) is 0.714. The fourth-order valence-electron chi connectivity index (χ4n) is 2.58. The molecular weight excluding hydrogens is 330 g/mol. The second-order valence-electron chi connectivity index (χ2n) is 9.88. The molecule has 5 nitrogen and oxygen atoms in total. The molecule has 5 heteroatoms. The molecule has 0 bridgehead atoms. The van der Waals surface area contributed by atoms with Gasteiger partial charge in [-0.25, -0.2) is 9.78 Å². The second-order valence-corrected chi connectivity index (χ2v) is 9.88. The van der Waals surface area contributed by atoms with Crippen molar-refractivity contribution in [3.8, 4) is 0 Å². The number of rotatable bonds is 4. The monoisotopic (exact) mass is 365 g/mol. The quantitative estimate of drug-likeness (QED) is 0.399. The van der Waals surface area contributed by atoms with Gasteiger partial charge in [0.15, 0.2) is 11.4 Å². The zero-order chi connectivity index (χ0) is 20.6. The number of nitrogens with zero attached hydrogens (tertiary/aromatic N) is 1. The number of carbonyl (C=O) groups is 1. The Balaban J connectivity index is 3.70. The van der Waals surface area contributed by atoms with Gasteiger partial charge in [0, 0.05) is 11.1 Å². The average molecular weight is 366 g/mol. The molecule has 26 heavy (non-hydrogen) atoms. The third-order valence-corrected chi connectivity index (χ3v) is 4.05. The van der Waals surface area contributed by atoms with Gasteiger partial charge < -0.3 is 4.84 Å². The van der Waals surface area contributed by atoms with Gasteiger partial charge in [-0.3, -0.25) is 4.79 Å². The summed E-state index contributed by atoms with van der Waals surface area (Å²) in [5.74, 6) is 0.0326. The highest BCUT2D eigenvalue weighted by Gasteiger charge is 2.45. The van der Waals surface area contributed by atoms with E-state index in [0.717, 1.165) is 0 Å². The summed E-state index contributed by atoms with van der Waals surface area (Å²) in [4.78, 5) is 29.8. The lowest BCUT2D eigenvalue weighted by atomic mass is 9.69. The molecule has 0 aromatic heterocycles. The van der Waals surface area contributed by atoms with E-state index in [9.17, 15) is 4.79 Å². The van der Waals surface area contributed by atoms with Crippen LogP contribution in [0.4, 0.5) is 0 Å². The van der Waals surface area contributed by atoms with E-state index < -0.39 is 11.2 Å². The molecule has 0 spiro atoms. The van der Waals surface area contributed by atoms with Crippen molar-refractivity contribution in [3.05, 3.63) is 23.3 Å². The molecule has 0 N–H and O–H groups in total. The minimum atomic E-state index is -1.11. The van der Waals surface area contributed by atoms with Gasteiger partial charge in [-0.2, -0.15) is 0 Å². The maximum Gasteiger partial charge on any atom is 0.185 e. The summed E-state index contributed by atoms with van der Waals surface area (Å²) in [6, 6.07) is 0. The van der Waals surface area contributed by atoms with Crippen LogP contribution in [0.15, 0.2) is 28.5 Å². The van der Waals surface area contributed by atoms with Crippen LogP contribution in [-0.4, -0.2) is 29.8 Å². The molecular formula is C21H35NO4. The smallest absolute Gasteiger partial charge is 0.185 e. The predicted octanol–water partition coefficient (Wildman–Crippen LogP) is 5.02. The molecule has 0 heterocycles. The van der Waals surface area contributed by atoms with Crippen LogP contribution >= 0.6 is 0 Å². The highest BCUT2D eigenvalue weighted by atomic mass is 17.2. The van der Waals surface area contributed by atoms with Gasteiger partial charge in [-0.15, -0.1) is 0 Å². The van der Waals surface area contributed by atoms with Gasteiger partial charge in [0.25, 0.3) is 0 Å². The van der Waals surface area contributed by atoms with Gasteiger partial charge in [0.05, 0.1) is 11.3 Å². The molecule has 1 aliphatic carbocycles. The molecule has 0 amide bonds. The molecule has 0 radical (unpaired) electrons. The Hall–Kier alpha value is -1.46. The van der Waals surface area contributed by atoms with E-state index in [1.54, 1.807) is 6.92 Å². The SMILES string of the molecule is CON=C(C)C1(OOC(C)(C)C)C=C(C(C)(C)C)C(=O)C(C(C)(C)C)=C1. The summed E-state index contributed by atoms with van der Waals surface area (Å²) in [6.45, 7) is 19.6. The van der Waals surface area contributed by atoms with Gasteiger partial charge in [0.2, 0.25) is 0 Å². The molecule has 0 aliphatic heterocycles. The number of ketones is 1. The zero-order valence-corrected chi connectivity index (χ0v) is 18.2. The summed E-state index contributed by atoms with van der Waals surface area (Å²) in [5, 5.41) is 4.09. The van der Waals surface area contributed by atoms with E-state index in [1.165, 1.54) is 7.11 Å². The molecule has 0 atom stereocenters. The Morgan fingerprint density at radius 2 is 1.35 bits per heavy atom. The molecule has 0 saturated heterocycles. The largest absolute Gasteiger partial charge is 0.399 e. The van der Waals surface area contributed by atoms with E-state index in [1.807, 2.05) is 74.5 Å². The van der Waals surface area contributed by atoms with E-state index >= 15 is 0 Å². The van der Waals surface area contributed by atoms with Crippen molar-refractivity contribution in [1.29, 1.82) is 0 Å². The van der Waals surface area contributed by atoms with Crippen LogP contribution in [0.3, 0.4) is 0 Å². The van der Waals surface area contributed by atoms with Crippen LogP contribution in [0.5, 0.6) is 0 Å². The topological polar surface area (TPSA) is 57.1 Å². The van der Waals surface area contributed by atoms with Crippen LogP contribution in [0.1, 0.15) is 69.2 Å². The molecule has 0 aromatic rings. The highest BCUT2D eigenvalue weighted by Crippen LogP contribution is 2.42. The lowest BCUT2D eigenvalue weighted by molar-refractivity contribution is -0.370. The van der Waals surface area contributed by atoms with Crippen LogP contribution in [0, 0.1) is 10.8 Å². The molecule has 0 unspecified atom stereocenters. The van der Waals surface area contributed by atoms with Crippen molar-refractivity contribution in [1.82, 2.24) is 0 Å². The number of carbonyl (C=O) groups excluding carboxylic acids is 1. The van der Waals surface area contributed by atoms with E-state index in [2.05, 4.69) is 5.16 Å². The van der Waals surface area contributed by atoms with Crippen molar-refractivity contribution in [2.24, 2.45) is 16.0 Å². The summed E-state index contributed by atoms with van der Waals surface area (Å²) in [6.07, 6.45) is 3.63. The lowest BCUT2D eigenvalue weighted by Gasteiger charge is -2.38. The molecule has 1 aliphatic rings. The molecule has 148 valence electrons. The molecule has 0 fully saturated rings. The fourth-order valence-corrected chi connectivity index (χ4v) is 2.58. The molecule has 0 aromatic carbocycles. The maximum absolute atomic E-state index is 13.2. The number of hydrogen-bond acceptors (Lipinski definition) is 5. The first kappa shape index (κ1) is 22.6. The Bertz CT molecular complexity index is 600. The van der Waals surface area contributed by atoms with Gasteiger partial charge in [-0.05, 0) is 50.7 Å². The van der Waals surface area contributed by atoms with Crippen molar-refractivity contribution in [3.63, 3.8) is 0 Å². The third kappa shape index (κ3) is 5.27. The minimum absolute atomic E-state index is 0.0326. The van der Waals surface area contributed by atoms with Crippen molar-refractivity contribution in [2.75, 3.05) is 7.11 Å². The van der Waals surface area contributed by atoms with Crippen molar-refractivity contribution in [2.45, 2.75) is 80.4 Å². The van der Waals surface area contributed by atoms with Gasteiger partial charge in [-0.1, -0.05) is 46.7 Å². The summed E-state index contributed by atoms with van der Waals surface area (Å²) < 4.78 is 0. The summed E-state index contributed by atoms with van der Waals surface area (Å²) in [7, 11) is 1.48. The van der Waals surface area contributed by atoms with E-state index in [0.29, 0.717) is 16.9 Å². The standard InChI is InChI=1S/C21H35NO4/c1-14(22-24-11)21(26-25-20(8,9)10)12-15(18(2,3)4)17(23)16(13-21)19(5,6)7/h12-13H,1-11H3. The highest BCUT2D eigenvalue weighted by molar-refractivity contribution is 6.13. The Morgan fingerprint density at radius 3 is 1.65 bits per heavy atom. The summed E-state index contributed by atoms with van der Waals surface area (Å²) in [5.41, 5.74) is -0.436. The average Bonchev–Trinajstić information content (AvgIpc) is 2.43.